The average molecular weight is 491 g/mol. The van der Waals surface area contributed by atoms with E-state index in [0.717, 1.165) is 10.2 Å². The van der Waals surface area contributed by atoms with Crippen molar-refractivity contribution in [1.82, 2.24) is 19.6 Å². The molecule has 6 nitrogen and oxygen atoms in total. The van der Waals surface area contributed by atoms with Gasteiger partial charge in [-0.25, -0.2) is 0 Å². The molecular formula is C18H16BrClF3N5O. The molecule has 0 bridgehead atoms. The topological polar surface area (TPSA) is 64.7 Å². The van der Waals surface area contributed by atoms with E-state index in [0.29, 0.717) is 28.6 Å². The third-order valence-corrected chi connectivity index (χ3v) is 5.34. The predicted molar refractivity (Wildman–Crippen MR) is 106 cm³/mol. The molecule has 0 atom stereocenters. The lowest BCUT2D eigenvalue weighted by Gasteiger charge is -2.08. The van der Waals surface area contributed by atoms with Crippen LogP contribution in [0.1, 0.15) is 33.1 Å². The second-order valence-electron chi connectivity index (χ2n) is 6.42. The van der Waals surface area contributed by atoms with Crippen LogP contribution in [0.25, 0.3) is 0 Å². The summed E-state index contributed by atoms with van der Waals surface area (Å²) in [7, 11) is 1.28. The first-order valence-corrected chi connectivity index (χ1v) is 9.55. The van der Waals surface area contributed by atoms with Crippen molar-refractivity contribution in [2.75, 3.05) is 5.32 Å². The highest BCUT2D eigenvalue weighted by atomic mass is 79.9. The Morgan fingerprint density at radius 1 is 1.21 bits per heavy atom. The number of benzene rings is 1. The molecule has 0 unspecified atom stereocenters. The van der Waals surface area contributed by atoms with Gasteiger partial charge in [0.2, 0.25) is 0 Å². The van der Waals surface area contributed by atoms with Gasteiger partial charge in [0.25, 0.3) is 5.91 Å². The van der Waals surface area contributed by atoms with Gasteiger partial charge >= 0.3 is 6.18 Å². The Bertz CT molecular complexity index is 1070. The molecule has 0 saturated heterocycles. The molecule has 0 aliphatic rings. The quantitative estimate of drug-likeness (QED) is 0.562. The minimum atomic E-state index is -4.68. The molecule has 3 rings (SSSR count). The Labute approximate surface area is 177 Å². The maximum absolute atomic E-state index is 13.0. The fourth-order valence-corrected chi connectivity index (χ4v) is 3.76. The van der Waals surface area contributed by atoms with Crippen molar-refractivity contribution in [2.45, 2.75) is 26.6 Å². The maximum Gasteiger partial charge on any atom is 0.436 e. The number of rotatable bonds is 4. The van der Waals surface area contributed by atoms with Crippen molar-refractivity contribution in [3.63, 3.8) is 0 Å². The van der Waals surface area contributed by atoms with Crippen molar-refractivity contribution < 1.29 is 18.0 Å². The van der Waals surface area contributed by atoms with Crippen LogP contribution >= 0.6 is 27.5 Å². The zero-order valence-corrected chi connectivity index (χ0v) is 17.9. The molecule has 1 amide bonds. The van der Waals surface area contributed by atoms with Crippen LogP contribution in [0.4, 0.5) is 18.9 Å². The van der Waals surface area contributed by atoms with E-state index in [-0.39, 0.29) is 5.69 Å². The number of aryl methyl sites for hydroxylation is 2. The van der Waals surface area contributed by atoms with E-state index in [2.05, 4.69) is 31.4 Å². The zero-order valence-electron chi connectivity index (χ0n) is 15.6. The second-order valence-corrected chi connectivity index (χ2v) is 7.65. The Morgan fingerprint density at radius 2 is 1.83 bits per heavy atom. The molecule has 0 radical (unpaired) electrons. The lowest BCUT2D eigenvalue weighted by Crippen LogP contribution is -2.17. The van der Waals surface area contributed by atoms with Crippen molar-refractivity contribution >= 4 is 39.1 Å². The van der Waals surface area contributed by atoms with Crippen molar-refractivity contribution in [1.29, 1.82) is 0 Å². The highest BCUT2D eigenvalue weighted by molar-refractivity contribution is 9.10. The van der Waals surface area contributed by atoms with Gasteiger partial charge in [0, 0.05) is 12.1 Å². The largest absolute Gasteiger partial charge is 0.436 e. The highest BCUT2D eigenvalue weighted by Gasteiger charge is 2.39. The number of anilines is 1. The van der Waals surface area contributed by atoms with E-state index in [1.807, 2.05) is 12.1 Å². The summed E-state index contributed by atoms with van der Waals surface area (Å²) in [4.78, 5) is 12.7. The SMILES string of the molecule is Cc1nn(Cc2ccc(Cl)cc2)c(C)c1NC(=O)c1c(Br)c(C(F)(F)F)nn1C. The Kier molecular flexibility index (Phi) is 5.77. The summed E-state index contributed by atoms with van der Waals surface area (Å²) in [5.41, 5.74) is 1.21. The number of nitrogens with zero attached hydrogens (tertiary/aromatic N) is 4. The van der Waals surface area contributed by atoms with Crippen molar-refractivity contribution in [2.24, 2.45) is 7.05 Å². The standard InChI is InChI=1S/C18H16BrClF3N5O/c1-9-14(10(2)28(25-9)8-11-4-6-12(20)7-5-11)24-17(29)15-13(19)16(18(21,22)23)26-27(15)3/h4-7H,8H2,1-3H3,(H,24,29). The van der Waals surface area contributed by atoms with Crippen LogP contribution in [-0.4, -0.2) is 25.5 Å². The van der Waals surface area contributed by atoms with E-state index in [9.17, 15) is 18.0 Å². The van der Waals surface area contributed by atoms with E-state index in [4.69, 9.17) is 11.6 Å². The summed E-state index contributed by atoms with van der Waals surface area (Å²) in [5, 5.41) is 11.1. The number of hydrogen-bond acceptors (Lipinski definition) is 3. The number of aromatic nitrogens is 4. The van der Waals surface area contributed by atoms with Gasteiger partial charge in [0.1, 0.15) is 5.69 Å². The highest BCUT2D eigenvalue weighted by Crippen LogP contribution is 2.36. The van der Waals surface area contributed by atoms with Crippen LogP contribution in [0.5, 0.6) is 0 Å². The lowest BCUT2D eigenvalue weighted by molar-refractivity contribution is -0.142. The molecule has 0 aliphatic heterocycles. The molecule has 2 heterocycles. The van der Waals surface area contributed by atoms with Crippen LogP contribution in [0, 0.1) is 13.8 Å². The fourth-order valence-electron chi connectivity index (χ4n) is 2.89. The first-order valence-electron chi connectivity index (χ1n) is 8.38. The van der Waals surface area contributed by atoms with E-state index in [1.54, 1.807) is 30.7 Å². The molecule has 154 valence electrons. The number of alkyl halides is 3. The molecule has 0 fully saturated rings. The summed E-state index contributed by atoms with van der Waals surface area (Å²) in [6.45, 7) is 3.93. The molecule has 2 aromatic heterocycles. The number of hydrogen-bond donors (Lipinski definition) is 1. The van der Waals surface area contributed by atoms with Gasteiger partial charge in [0.15, 0.2) is 5.69 Å². The van der Waals surface area contributed by atoms with Crippen LogP contribution in [0.15, 0.2) is 28.7 Å². The Hall–Kier alpha value is -2.33. The number of carbonyl (C=O) groups excluding carboxylic acids is 1. The van der Waals surface area contributed by atoms with Gasteiger partial charge in [-0.05, 0) is 47.5 Å². The normalized spacial score (nSPS) is 11.7. The van der Waals surface area contributed by atoms with E-state index >= 15 is 0 Å². The van der Waals surface area contributed by atoms with E-state index in [1.165, 1.54) is 7.05 Å². The Balaban J connectivity index is 1.88. The smallest absolute Gasteiger partial charge is 0.317 e. The first kappa shape index (κ1) is 21.4. The molecule has 1 aromatic carbocycles. The molecular weight excluding hydrogens is 475 g/mol. The maximum atomic E-state index is 13.0. The van der Waals surface area contributed by atoms with Crippen LogP contribution in [0.3, 0.4) is 0 Å². The summed E-state index contributed by atoms with van der Waals surface area (Å²) in [5.74, 6) is -0.723. The molecule has 0 saturated carbocycles. The monoisotopic (exact) mass is 489 g/mol. The summed E-state index contributed by atoms with van der Waals surface area (Å²) in [6, 6.07) is 7.26. The average Bonchev–Trinajstić information content (AvgIpc) is 3.07. The first-order chi connectivity index (χ1) is 13.5. The van der Waals surface area contributed by atoms with E-state index < -0.39 is 22.3 Å². The molecule has 11 heteroatoms. The lowest BCUT2D eigenvalue weighted by atomic mass is 10.2. The minimum absolute atomic E-state index is 0.235. The fraction of sp³-hybridized carbons (Fsp3) is 0.278. The molecule has 29 heavy (non-hydrogen) atoms. The second kappa shape index (κ2) is 7.83. The minimum Gasteiger partial charge on any atom is -0.317 e. The molecule has 1 N–H and O–H groups in total. The van der Waals surface area contributed by atoms with Crippen molar-refractivity contribution in [3.05, 3.63) is 62.1 Å². The van der Waals surface area contributed by atoms with Gasteiger partial charge in [-0.15, -0.1) is 0 Å². The van der Waals surface area contributed by atoms with Crippen LogP contribution < -0.4 is 5.32 Å². The summed E-state index contributed by atoms with van der Waals surface area (Å²) < 4.78 is 41.3. The summed E-state index contributed by atoms with van der Waals surface area (Å²) >= 11 is 8.74. The van der Waals surface area contributed by atoms with Crippen LogP contribution in [0.2, 0.25) is 5.02 Å². The Morgan fingerprint density at radius 3 is 2.38 bits per heavy atom. The third kappa shape index (κ3) is 4.32. The molecule has 3 aromatic rings. The number of nitrogens with one attached hydrogen (secondary N) is 1. The molecule has 0 aliphatic carbocycles. The van der Waals surface area contributed by atoms with Crippen LogP contribution in [-0.2, 0) is 19.8 Å². The predicted octanol–water partition coefficient (Wildman–Crippen LogP) is 4.97. The number of amides is 1. The zero-order chi connectivity index (χ0) is 21.5. The molecule has 0 spiro atoms. The van der Waals surface area contributed by atoms with Gasteiger partial charge in [-0.3, -0.25) is 14.2 Å². The summed E-state index contributed by atoms with van der Waals surface area (Å²) in [6.07, 6.45) is -4.68. The third-order valence-electron chi connectivity index (χ3n) is 4.34. The number of carbonyl (C=O) groups is 1. The van der Waals surface area contributed by atoms with Gasteiger partial charge < -0.3 is 5.32 Å². The van der Waals surface area contributed by atoms with Gasteiger partial charge in [-0.2, -0.15) is 23.4 Å². The van der Waals surface area contributed by atoms with Gasteiger partial charge in [-0.1, -0.05) is 23.7 Å². The van der Waals surface area contributed by atoms with Crippen molar-refractivity contribution in [3.8, 4) is 0 Å². The number of halogens is 5. The van der Waals surface area contributed by atoms with Gasteiger partial charge in [0.05, 0.1) is 28.1 Å².